The highest BCUT2D eigenvalue weighted by atomic mass is 35.5. The molecule has 0 bridgehead atoms. The summed E-state index contributed by atoms with van der Waals surface area (Å²) in [5, 5.41) is 0.347. The molecule has 74 valence electrons. The van der Waals surface area contributed by atoms with Crippen LogP contribution < -0.4 is 0 Å². The van der Waals surface area contributed by atoms with Crippen molar-refractivity contribution in [1.82, 2.24) is 0 Å². The molecule has 1 nitrogen and oxygen atoms in total. The molecular weight excluding hydrogens is 172 g/mol. The van der Waals surface area contributed by atoms with Gasteiger partial charge in [0.15, 0.2) is 0 Å². The second kappa shape index (κ2) is 9.34. The molecule has 0 aromatic carbocycles. The predicted molar refractivity (Wildman–Crippen MR) is 54.9 cm³/mol. The lowest BCUT2D eigenvalue weighted by Gasteiger charge is -2.06. The Kier molecular flexibility index (Phi) is 9.53. The summed E-state index contributed by atoms with van der Waals surface area (Å²) in [6.07, 6.45) is 5.65. The summed E-state index contributed by atoms with van der Waals surface area (Å²) >= 11 is 5.95. The molecule has 0 aliphatic carbocycles. The third-order valence-electron chi connectivity index (χ3n) is 1.89. The lowest BCUT2D eigenvalue weighted by molar-refractivity contribution is 0.127. The molecule has 0 aromatic rings. The first kappa shape index (κ1) is 12.2. The van der Waals surface area contributed by atoms with Crippen molar-refractivity contribution in [2.75, 3.05) is 13.2 Å². The van der Waals surface area contributed by atoms with Gasteiger partial charge in [0.1, 0.15) is 0 Å². The van der Waals surface area contributed by atoms with E-state index in [1.165, 1.54) is 12.8 Å². The van der Waals surface area contributed by atoms with Gasteiger partial charge in [-0.3, -0.25) is 0 Å². The van der Waals surface area contributed by atoms with E-state index in [0.29, 0.717) is 5.38 Å². The molecule has 1 unspecified atom stereocenters. The van der Waals surface area contributed by atoms with Gasteiger partial charge in [0.05, 0.1) is 0 Å². The Morgan fingerprint density at radius 3 is 2.42 bits per heavy atom. The maximum atomic E-state index is 5.95. The van der Waals surface area contributed by atoms with Gasteiger partial charge < -0.3 is 4.74 Å². The number of alkyl halides is 1. The Morgan fingerprint density at radius 2 is 1.83 bits per heavy atom. The SMILES string of the molecule is CCCCOCCCC(Cl)CC. The van der Waals surface area contributed by atoms with Crippen molar-refractivity contribution in [1.29, 1.82) is 0 Å². The maximum Gasteiger partial charge on any atom is 0.0466 e. The van der Waals surface area contributed by atoms with Crippen molar-refractivity contribution in [3.63, 3.8) is 0 Å². The van der Waals surface area contributed by atoms with E-state index >= 15 is 0 Å². The first-order valence-electron chi connectivity index (χ1n) is 5.03. The average Bonchev–Trinajstić information content (AvgIpc) is 2.10. The standard InChI is InChI=1S/C10H21ClO/c1-3-5-8-12-9-6-7-10(11)4-2/h10H,3-9H2,1-2H3. The minimum Gasteiger partial charge on any atom is -0.381 e. The first-order chi connectivity index (χ1) is 5.81. The van der Waals surface area contributed by atoms with Gasteiger partial charge in [0, 0.05) is 18.6 Å². The second-order valence-corrected chi connectivity index (χ2v) is 3.73. The highest BCUT2D eigenvalue weighted by Crippen LogP contribution is 2.08. The van der Waals surface area contributed by atoms with Crippen LogP contribution in [0.2, 0.25) is 0 Å². The fourth-order valence-corrected chi connectivity index (χ4v) is 1.11. The molecule has 1 atom stereocenters. The van der Waals surface area contributed by atoms with Crippen LogP contribution in [-0.4, -0.2) is 18.6 Å². The summed E-state index contributed by atoms with van der Waals surface area (Å²) in [4.78, 5) is 0. The van der Waals surface area contributed by atoms with Crippen molar-refractivity contribution in [3.05, 3.63) is 0 Å². The molecule has 0 saturated heterocycles. The van der Waals surface area contributed by atoms with Crippen LogP contribution in [0.15, 0.2) is 0 Å². The zero-order chi connectivity index (χ0) is 9.23. The van der Waals surface area contributed by atoms with Crippen LogP contribution in [0.4, 0.5) is 0 Å². The van der Waals surface area contributed by atoms with Gasteiger partial charge in [-0.05, 0) is 25.7 Å². The van der Waals surface area contributed by atoms with Crippen LogP contribution in [0.25, 0.3) is 0 Å². The normalized spacial score (nSPS) is 13.2. The zero-order valence-electron chi connectivity index (χ0n) is 8.31. The lowest BCUT2D eigenvalue weighted by atomic mass is 10.2. The van der Waals surface area contributed by atoms with E-state index in [1.807, 2.05) is 0 Å². The fourth-order valence-electron chi connectivity index (χ4n) is 0.959. The summed E-state index contributed by atoms with van der Waals surface area (Å²) in [6.45, 7) is 6.09. The molecule has 0 aliphatic heterocycles. The number of hydrogen-bond acceptors (Lipinski definition) is 1. The van der Waals surface area contributed by atoms with Crippen molar-refractivity contribution < 1.29 is 4.74 Å². The van der Waals surface area contributed by atoms with Gasteiger partial charge in [0.25, 0.3) is 0 Å². The molecule has 0 rings (SSSR count). The Labute approximate surface area is 81.4 Å². The summed E-state index contributed by atoms with van der Waals surface area (Å²) in [6, 6.07) is 0. The number of unbranched alkanes of at least 4 members (excludes halogenated alkanes) is 1. The lowest BCUT2D eigenvalue weighted by Crippen LogP contribution is -2.01. The van der Waals surface area contributed by atoms with Crippen molar-refractivity contribution in [2.24, 2.45) is 0 Å². The minimum atomic E-state index is 0.347. The van der Waals surface area contributed by atoms with Crippen LogP contribution in [0.1, 0.15) is 46.0 Å². The Hall–Kier alpha value is 0.250. The van der Waals surface area contributed by atoms with Gasteiger partial charge in [0.2, 0.25) is 0 Å². The Morgan fingerprint density at radius 1 is 1.17 bits per heavy atom. The molecule has 0 fully saturated rings. The topological polar surface area (TPSA) is 9.23 Å². The van der Waals surface area contributed by atoms with Crippen molar-refractivity contribution in [2.45, 2.75) is 51.3 Å². The summed E-state index contributed by atoms with van der Waals surface area (Å²) in [5.74, 6) is 0. The summed E-state index contributed by atoms with van der Waals surface area (Å²) in [7, 11) is 0. The summed E-state index contributed by atoms with van der Waals surface area (Å²) < 4.78 is 5.41. The molecule has 0 aromatic heterocycles. The smallest absolute Gasteiger partial charge is 0.0466 e. The van der Waals surface area contributed by atoms with Crippen LogP contribution in [0.3, 0.4) is 0 Å². The highest BCUT2D eigenvalue weighted by molar-refractivity contribution is 6.20. The van der Waals surface area contributed by atoms with E-state index in [2.05, 4.69) is 13.8 Å². The van der Waals surface area contributed by atoms with Crippen LogP contribution in [0.5, 0.6) is 0 Å². The van der Waals surface area contributed by atoms with Gasteiger partial charge >= 0.3 is 0 Å². The number of hydrogen-bond donors (Lipinski definition) is 0. The van der Waals surface area contributed by atoms with Gasteiger partial charge in [-0.15, -0.1) is 11.6 Å². The van der Waals surface area contributed by atoms with Crippen LogP contribution in [-0.2, 0) is 4.74 Å². The van der Waals surface area contributed by atoms with Crippen molar-refractivity contribution in [3.8, 4) is 0 Å². The number of rotatable bonds is 8. The third-order valence-corrected chi connectivity index (χ3v) is 2.42. The number of halogens is 1. The molecule has 0 aliphatic rings. The molecule has 0 N–H and O–H groups in total. The minimum absolute atomic E-state index is 0.347. The Balaban J connectivity index is 2.90. The van der Waals surface area contributed by atoms with Crippen LogP contribution >= 0.6 is 11.6 Å². The fraction of sp³-hybridized carbons (Fsp3) is 1.00. The zero-order valence-corrected chi connectivity index (χ0v) is 9.07. The van der Waals surface area contributed by atoms with E-state index in [9.17, 15) is 0 Å². The Bertz CT molecular complexity index is 85.9. The molecular formula is C10H21ClO. The number of ether oxygens (including phenoxy) is 1. The summed E-state index contributed by atoms with van der Waals surface area (Å²) in [5.41, 5.74) is 0. The largest absolute Gasteiger partial charge is 0.381 e. The van der Waals surface area contributed by atoms with Gasteiger partial charge in [-0.1, -0.05) is 20.3 Å². The maximum absolute atomic E-state index is 5.95. The van der Waals surface area contributed by atoms with E-state index in [1.54, 1.807) is 0 Å². The second-order valence-electron chi connectivity index (χ2n) is 3.11. The van der Waals surface area contributed by atoms with Gasteiger partial charge in [-0.25, -0.2) is 0 Å². The van der Waals surface area contributed by atoms with E-state index in [0.717, 1.165) is 32.5 Å². The highest BCUT2D eigenvalue weighted by Gasteiger charge is 1.99. The molecule has 2 heteroatoms. The van der Waals surface area contributed by atoms with E-state index in [-0.39, 0.29) is 0 Å². The molecule has 0 heterocycles. The van der Waals surface area contributed by atoms with E-state index in [4.69, 9.17) is 16.3 Å². The van der Waals surface area contributed by atoms with Crippen molar-refractivity contribution >= 4 is 11.6 Å². The molecule has 0 saturated carbocycles. The predicted octanol–water partition coefficient (Wildman–Crippen LogP) is 3.60. The first-order valence-corrected chi connectivity index (χ1v) is 5.46. The molecule has 0 spiro atoms. The quantitative estimate of drug-likeness (QED) is 0.422. The third kappa shape index (κ3) is 8.35. The van der Waals surface area contributed by atoms with E-state index < -0.39 is 0 Å². The van der Waals surface area contributed by atoms with Crippen LogP contribution in [0, 0.1) is 0 Å². The molecule has 0 amide bonds. The van der Waals surface area contributed by atoms with Gasteiger partial charge in [-0.2, -0.15) is 0 Å². The monoisotopic (exact) mass is 192 g/mol. The molecule has 12 heavy (non-hydrogen) atoms. The molecule has 0 radical (unpaired) electrons. The average molecular weight is 193 g/mol.